The Kier molecular flexibility index (Phi) is 4.56. The van der Waals surface area contributed by atoms with Gasteiger partial charge in [0.25, 0.3) is 0 Å². The molecule has 0 aliphatic carbocycles. The highest BCUT2D eigenvalue weighted by molar-refractivity contribution is 9.10. The fourth-order valence-corrected chi connectivity index (χ4v) is 2.99. The average Bonchev–Trinajstić information content (AvgIpc) is 2.88. The molecule has 0 aliphatic heterocycles. The van der Waals surface area contributed by atoms with Gasteiger partial charge in [-0.3, -0.25) is 0 Å². The number of nitrogens with zero attached hydrogens (tertiary/aromatic N) is 1. The molecule has 19 heavy (non-hydrogen) atoms. The molecule has 0 radical (unpaired) electrons. The summed E-state index contributed by atoms with van der Waals surface area (Å²) in [4.78, 5) is 2.48. The Morgan fingerprint density at radius 3 is 2.68 bits per heavy atom. The quantitative estimate of drug-likeness (QED) is 0.877. The molecule has 0 amide bonds. The van der Waals surface area contributed by atoms with E-state index in [4.69, 9.17) is 5.26 Å². The van der Waals surface area contributed by atoms with Gasteiger partial charge in [-0.25, -0.2) is 4.39 Å². The van der Waals surface area contributed by atoms with Crippen LogP contribution in [-0.4, -0.2) is 0 Å². The van der Waals surface area contributed by atoms with Crippen molar-refractivity contribution < 1.29 is 4.39 Å². The van der Waals surface area contributed by atoms with E-state index in [1.54, 1.807) is 23.5 Å². The third kappa shape index (κ3) is 3.14. The smallest absolute Gasteiger partial charge is 0.161 e. The predicted octanol–water partition coefficient (Wildman–Crippen LogP) is 4.70. The molecule has 0 fully saturated rings. The Balaban J connectivity index is 2.12. The molecule has 1 aromatic carbocycles. The predicted molar refractivity (Wildman–Crippen MR) is 79.8 cm³/mol. The summed E-state index contributed by atoms with van der Waals surface area (Å²) in [5.74, 6) is -0.425. The Morgan fingerprint density at radius 2 is 2.05 bits per heavy atom. The Bertz CT molecular complexity index is 631. The van der Waals surface area contributed by atoms with Crippen LogP contribution in [0.3, 0.4) is 0 Å². The van der Waals surface area contributed by atoms with E-state index in [2.05, 4.69) is 34.2 Å². The van der Waals surface area contributed by atoms with Gasteiger partial charge in [-0.15, -0.1) is 11.3 Å². The molecular weight excluding hydrogens is 327 g/mol. The van der Waals surface area contributed by atoms with E-state index in [1.165, 1.54) is 4.88 Å². The van der Waals surface area contributed by atoms with Gasteiger partial charge in [0.05, 0.1) is 15.7 Å². The first-order chi connectivity index (χ1) is 9.15. The Hall–Kier alpha value is -1.38. The normalized spacial score (nSPS) is 10.2. The molecule has 1 aromatic heterocycles. The maximum atomic E-state index is 14.0. The van der Waals surface area contributed by atoms with E-state index in [9.17, 15) is 4.39 Å². The van der Waals surface area contributed by atoms with Crippen LogP contribution in [0.1, 0.15) is 22.2 Å². The van der Waals surface area contributed by atoms with Crippen LogP contribution in [0.4, 0.5) is 10.1 Å². The molecule has 0 saturated carbocycles. The van der Waals surface area contributed by atoms with Crippen LogP contribution in [0.25, 0.3) is 0 Å². The first kappa shape index (κ1) is 14.0. The number of rotatable bonds is 4. The Morgan fingerprint density at radius 1 is 1.32 bits per heavy atom. The van der Waals surface area contributed by atoms with Crippen molar-refractivity contribution in [3.63, 3.8) is 0 Å². The van der Waals surface area contributed by atoms with Crippen LogP contribution < -0.4 is 5.32 Å². The molecule has 0 aliphatic rings. The van der Waals surface area contributed by atoms with Crippen molar-refractivity contribution in [2.75, 3.05) is 5.32 Å². The average molecular weight is 339 g/mol. The van der Waals surface area contributed by atoms with Crippen molar-refractivity contribution in [3.05, 3.63) is 49.9 Å². The maximum absolute atomic E-state index is 14.0. The van der Waals surface area contributed by atoms with Crippen LogP contribution >= 0.6 is 27.3 Å². The third-order valence-electron chi connectivity index (χ3n) is 2.72. The SMILES string of the molecule is CCc1ccc(CNc2ccc(C#N)c(Br)c2F)s1. The van der Waals surface area contributed by atoms with Gasteiger partial charge in [-0.2, -0.15) is 5.26 Å². The van der Waals surface area contributed by atoms with Gasteiger partial charge in [-0.1, -0.05) is 6.92 Å². The maximum Gasteiger partial charge on any atom is 0.161 e. The van der Waals surface area contributed by atoms with E-state index in [0.29, 0.717) is 17.8 Å². The molecule has 0 saturated heterocycles. The molecule has 0 spiro atoms. The van der Waals surface area contributed by atoms with Gasteiger partial charge >= 0.3 is 0 Å². The monoisotopic (exact) mass is 338 g/mol. The summed E-state index contributed by atoms with van der Waals surface area (Å²) in [5, 5.41) is 11.9. The van der Waals surface area contributed by atoms with Crippen molar-refractivity contribution in [1.82, 2.24) is 0 Å². The second-order valence-electron chi connectivity index (χ2n) is 3.98. The molecular formula is C14H12BrFN2S. The molecule has 1 N–H and O–H groups in total. The van der Waals surface area contributed by atoms with Crippen molar-refractivity contribution in [1.29, 1.82) is 5.26 Å². The zero-order chi connectivity index (χ0) is 13.8. The zero-order valence-corrected chi connectivity index (χ0v) is 12.7. The highest BCUT2D eigenvalue weighted by Crippen LogP contribution is 2.27. The molecule has 1 heterocycles. The minimum atomic E-state index is -0.425. The number of hydrogen-bond acceptors (Lipinski definition) is 3. The van der Waals surface area contributed by atoms with E-state index in [1.807, 2.05) is 12.1 Å². The summed E-state index contributed by atoms with van der Waals surface area (Å²) in [6.45, 7) is 2.69. The van der Waals surface area contributed by atoms with E-state index in [-0.39, 0.29) is 4.47 Å². The number of benzene rings is 1. The zero-order valence-electron chi connectivity index (χ0n) is 10.3. The van der Waals surface area contributed by atoms with Gasteiger partial charge in [0.2, 0.25) is 0 Å². The lowest BCUT2D eigenvalue weighted by atomic mass is 10.2. The highest BCUT2D eigenvalue weighted by Gasteiger charge is 2.11. The molecule has 98 valence electrons. The fourth-order valence-electron chi connectivity index (χ4n) is 1.66. The summed E-state index contributed by atoms with van der Waals surface area (Å²) < 4.78 is 14.2. The van der Waals surface area contributed by atoms with Gasteiger partial charge in [0.15, 0.2) is 5.82 Å². The number of hydrogen-bond donors (Lipinski definition) is 1. The summed E-state index contributed by atoms with van der Waals surface area (Å²) in [6, 6.07) is 9.26. The first-order valence-electron chi connectivity index (χ1n) is 5.85. The lowest BCUT2D eigenvalue weighted by Crippen LogP contribution is -2.01. The molecule has 5 heteroatoms. The summed E-state index contributed by atoms with van der Waals surface area (Å²) in [5.41, 5.74) is 0.699. The van der Waals surface area contributed by atoms with Crippen LogP contribution in [0, 0.1) is 17.1 Å². The number of halogens is 2. The largest absolute Gasteiger partial charge is 0.378 e. The van der Waals surface area contributed by atoms with Gasteiger partial charge in [-0.05, 0) is 46.6 Å². The van der Waals surface area contributed by atoms with Crippen molar-refractivity contribution in [2.45, 2.75) is 19.9 Å². The molecule has 0 atom stereocenters. The topological polar surface area (TPSA) is 35.8 Å². The fraction of sp³-hybridized carbons (Fsp3) is 0.214. The van der Waals surface area contributed by atoms with E-state index >= 15 is 0 Å². The highest BCUT2D eigenvalue weighted by atomic mass is 79.9. The van der Waals surface area contributed by atoms with Crippen LogP contribution in [0.5, 0.6) is 0 Å². The van der Waals surface area contributed by atoms with Crippen molar-refractivity contribution in [2.24, 2.45) is 0 Å². The second-order valence-corrected chi connectivity index (χ2v) is 6.02. The van der Waals surface area contributed by atoms with Gasteiger partial charge in [0.1, 0.15) is 6.07 Å². The number of aryl methyl sites for hydroxylation is 1. The number of thiophene rings is 1. The van der Waals surface area contributed by atoms with Crippen molar-refractivity contribution >= 4 is 33.0 Å². The third-order valence-corrected chi connectivity index (χ3v) is 4.73. The second kappa shape index (κ2) is 6.18. The van der Waals surface area contributed by atoms with Crippen molar-refractivity contribution in [3.8, 4) is 6.07 Å². The standard InChI is InChI=1S/C14H12BrFN2S/c1-2-10-4-5-11(19-10)8-18-12-6-3-9(7-17)13(15)14(12)16/h3-6,18H,2,8H2,1H3. The lowest BCUT2D eigenvalue weighted by Gasteiger charge is -2.08. The van der Waals surface area contributed by atoms with Crippen LogP contribution in [0.2, 0.25) is 0 Å². The van der Waals surface area contributed by atoms with E-state index in [0.717, 1.165) is 11.3 Å². The number of anilines is 1. The molecule has 0 unspecified atom stereocenters. The summed E-state index contributed by atoms with van der Waals surface area (Å²) >= 11 is 4.82. The molecule has 0 bridgehead atoms. The van der Waals surface area contributed by atoms with Gasteiger partial charge < -0.3 is 5.32 Å². The number of nitrogens with one attached hydrogen (secondary N) is 1. The Labute approximate surface area is 124 Å². The minimum Gasteiger partial charge on any atom is -0.378 e. The van der Waals surface area contributed by atoms with Crippen LogP contribution in [-0.2, 0) is 13.0 Å². The minimum absolute atomic E-state index is 0.209. The summed E-state index contributed by atoms with van der Waals surface area (Å²) in [7, 11) is 0. The van der Waals surface area contributed by atoms with Crippen LogP contribution in [0.15, 0.2) is 28.7 Å². The molecule has 2 aromatic rings. The van der Waals surface area contributed by atoms with E-state index < -0.39 is 5.82 Å². The summed E-state index contributed by atoms with van der Waals surface area (Å²) in [6.07, 6.45) is 1.02. The molecule has 2 rings (SSSR count). The number of nitriles is 1. The first-order valence-corrected chi connectivity index (χ1v) is 7.46. The lowest BCUT2D eigenvalue weighted by molar-refractivity contribution is 0.623. The molecule has 2 nitrogen and oxygen atoms in total. The van der Waals surface area contributed by atoms with Gasteiger partial charge in [0, 0.05) is 16.3 Å².